The van der Waals surface area contributed by atoms with Crippen molar-refractivity contribution in [3.8, 4) is 11.3 Å². The number of imidazole rings is 1. The molecule has 4 aromatic heterocycles. The van der Waals surface area contributed by atoms with Crippen LogP contribution in [0.4, 0.5) is 0 Å². The molecule has 5 aromatic rings. The average molecular weight is 427 g/mol. The third-order valence-corrected chi connectivity index (χ3v) is 5.84. The Morgan fingerprint density at radius 3 is 2.97 bits per heavy atom. The van der Waals surface area contributed by atoms with E-state index in [1.807, 2.05) is 39.8 Å². The van der Waals surface area contributed by atoms with E-state index < -0.39 is 0 Å². The summed E-state index contributed by atoms with van der Waals surface area (Å²) >= 11 is 0. The van der Waals surface area contributed by atoms with Gasteiger partial charge in [-0.2, -0.15) is 5.10 Å². The van der Waals surface area contributed by atoms with Gasteiger partial charge in [-0.25, -0.2) is 14.3 Å². The van der Waals surface area contributed by atoms with Crippen LogP contribution in [0, 0.1) is 0 Å². The van der Waals surface area contributed by atoms with Crippen molar-refractivity contribution in [3.63, 3.8) is 0 Å². The van der Waals surface area contributed by atoms with Crippen molar-refractivity contribution in [2.24, 2.45) is 0 Å². The number of hydrogen-bond acceptors (Lipinski definition) is 6. The Morgan fingerprint density at radius 1 is 1.12 bits per heavy atom. The minimum atomic E-state index is 0.0148. The fourth-order valence-corrected chi connectivity index (χ4v) is 4.24. The molecule has 0 aliphatic carbocycles. The Kier molecular flexibility index (Phi) is 4.53. The first-order valence-electron chi connectivity index (χ1n) is 10.7. The fourth-order valence-electron chi connectivity index (χ4n) is 4.24. The largest absolute Gasteiger partial charge is 0.356 e. The lowest BCUT2D eigenvalue weighted by atomic mass is 10.1. The number of ether oxygens (including phenoxy) is 1. The van der Waals surface area contributed by atoms with Gasteiger partial charge in [-0.05, 0) is 43.5 Å². The normalized spacial score (nSPS) is 16.7. The first kappa shape index (κ1) is 18.9. The number of carbonyl (C=O) groups is 1. The standard InChI is InChI=1S/C23H21N7O2/c31-15-16-4-7-22-25-19(12-28(22)11-16)13-29-14-20(26-27-29)17-5-6-21-18(9-17)10-24-30(21)23-3-1-2-8-32-23/h4-7,9-12,14-15,23H,1-3,8,13H2. The number of hydrogen-bond donors (Lipinski definition) is 0. The molecule has 5 heterocycles. The summed E-state index contributed by atoms with van der Waals surface area (Å²) < 4.78 is 11.5. The summed E-state index contributed by atoms with van der Waals surface area (Å²) in [6.07, 6.45) is 11.6. The van der Waals surface area contributed by atoms with Gasteiger partial charge in [0.05, 0.1) is 30.1 Å². The van der Waals surface area contributed by atoms with Crippen LogP contribution in [0.3, 0.4) is 0 Å². The summed E-state index contributed by atoms with van der Waals surface area (Å²) in [5, 5.41) is 14.2. The summed E-state index contributed by atoms with van der Waals surface area (Å²) in [6, 6.07) is 9.78. The maximum Gasteiger partial charge on any atom is 0.151 e. The molecule has 1 aliphatic rings. The molecule has 9 heteroatoms. The quantitative estimate of drug-likeness (QED) is 0.399. The van der Waals surface area contributed by atoms with Gasteiger partial charge in [-0.3, -0.25) is 4.79 Å². The van der Waals surface area contributed by atoms with Gasteiger partial charge < -0.3 is 9.14 Å². The van der Waals surface area contributed by atoms with Gasteiger partial charge >= 0.3 is 0 Å². The molecule has 1 atom stereocenters. The summed E-state index contributed by atoms with van der Waals surface area (Å²) in [5.74, 6) is 0. The van der Waals surface area contributed by atoms with Crippen molar-refractivity contribution in [1.29, 1.82) is 0 Å². The number of fused-ring (bicyclic) bond motifs is 2. The lowest BCUT2D eigenvalue weighted by Gasteiger charge is -2.23. The number of rotatable bonds is 5. The molecular weight excluding hydrogens is 406 g/mol. The van der Waals surface area contributed by atoms with E-state index in [-0.39, 0.29) is 6.23 Å². The van der Waals surface area contributed by atoms with Crippen LogP contribution < -0.4 is 0 Å². The third-order valence-electron chi connectivity index (χ3n) is 5.84. The molecule has 32 heavy (non-hydrogen) atoms. The van der Waals surface area contributed by atoms with Gasteiger partial charge in [0.1, 0.15) is 11.3 Å². The molecule has 1 fully saturated rings. The minimum absolute atomic E-state index is 0.0148. The highest BCUT2D eigenvalue weighted by Gasteiger charge is 2.19. The molecule has 0 bridgehead atoms. The first-order valence-corrected chi connectivity index (χ1v) is 10.7. The summed E-state index contributed by atoms with van der Waals surface area (Å²) in [6.45, 7) is 1.28. The highest BCUT2D eigenvalue weighted by Crippen LogP contribution is 2.28. The molecule has 1 aliphatic heterocycles. The topological polar surface area (TPSA) is 92.1 Å². The van der Waals surface area contributed by atoms with E-state index in [1.165, 1.54) is 0 Å². The maximum absolute atomic E-state index is 11.0. The van der Waals surface area contributed by atoms with Crippen molar-refractivity contribution in [3.05, 3.63) is 66.4 Å². The molecule has 1 saturated heterocycles. The monoisotopic (exact) mass is 427 g/mol. The first-order chi connectivity index (χ1) is 15.8. The Labute approximate surface area is 183 Å². The number of carbonyl (C=O) groups excluding carboxylic acids is 1. The van der Waals surface area contributed by atoms with E-state index in [2.05, 4.69) is 32.5 Å². The van der Waals surface area contributed by atoms with Gasteiger partial charge in [0.25, 0.3) is 0 Å². The molecule has 0 spiro atoms. The van der Waals surface area contributed by atoms with Crippen LogP contribution in [-0.2, 0) is 11.3 Å². The van der Waals surface area contributed by atoms with Crippen molar-refractivity contribution in [2.45, 2.75) is 32.0 Å². The van der Waals surface area contributed by atoms with Crippen LogP contribution >= 0.6 is 0 Å². The van der Waals surface area contributed by atoms with Gasteiger partial charge in [0, 0.05) is 35.5 Å². The Hall–Kier alpha value is -3.85. The second-order valence-corrected chi connectivity index (χ2v) is 8.06. The summed E-state index contributed by atoms with van der Waals surface area (Å²) in [5.41, 5.74) is 5.08. The molecule has 6 rings (SSSR count). The number of nitrogens with zero attached hydrogens (tertiary/aromatic N) is 7. The predicted molar refractivity (Wildman–Crippen MR) is 117 cm³/mol. The number of pyridine rings is 1. The lowest BCUT2D eigenvalue weighted by Crippen LogP contribution is -2.18. The molecule has 9 nitrogen and oxygen atoms in total. The van der Waals surface area contributed by atoms with Crippen molar-refractivity contribution in [2.75, 3.05) is 6.61 Å². The van der Waals surface area contributed by atoms with Crippen LogP contribution in [0.25, 0.3) is 27.8 Å². The number of aldehydes is 1. The van der Waals surface area contributed by atoms with Gasteiger partial charge in [-0.15, -0.1) is 5.10 Å². The van der Waals surface area contributed by atoms with Gasteiger partial charge in [0.2, 0.25) is 0 Å². The van der Waals surface area contributed by atoms with E-state index in [0.717, 1.165) is 65.7 Å². The van der Waals surface area contributed by atoms with Crippen LogP contribution in [-0.4, -0.2) is 47.1 Å². The minimum Gasteiger partial charge on any atom is -0.356 e. The number of aromatic nitrogens is 7. The van der Waals surface area contributed by atoms with E-state index >= 15 is 0 Å². The van der Waals surface area contributed by atoms with Crippen LogP contribution in [0.1, 0.15) is 41.5 Å². The fraction of sp³-hybridized carbons (Fsp3) is 0.261. The highest BCUT2D eigenvalue weighted by molar-refractivity contribution is 5.83. The summed E-state index contributed by atoms with van der Waals surface area (Å²) in [7, 11) is 0. The van der Waals surface area contributed by atoms with E-state index in [9.17, 15) is 4.79 Å². The Balaban J connectivity index is 1.24. The Morgan fingerprint density at radius 2 is 2.09 bits per heavy atom. The van der Waals surface area contributed by atoms with Crippen LogP contribution in [0.15, 0.2) is 55.1 Å². The second kappa shape index (κ2) is 7.69. The molecule has 0 N–H and O–H groups in total. The molecule has 0 amide bonds. The SMILES string of the molecule is O=Cc1ccc2nc(Cn3cc(-c4ccc5c(cnn5C5CCCCO5)c4)nn3)cn2c1. The predicted octanol–water partition coefficient (Wildman–Crippen LogP) is 3.50. The average Bonchev–Trinajstić information content (AvgIpc) is 3.56. The van der Waals surface area contributed by atoms with Crippen LogP contribution in [0.5, 0.6) is 0 Å². The zero-order chi connectivity index (χ0) is 21.5. The molecule has 0 saturated carbocycles. The Bertz CT molecular complexity index is 1420. The van der Waals surface area contributed by atoms with Crippen molar-refractivity contribution in [1.82, 2.24) is 34.2 Å². The third kappa shape index (κ3) is 3.36. The van der Waals surface area contributed by atoms with Crippen molar-refractivity contribution < 1.29 is 9.53 Å². The zero-order valence-corrected chi connectivity index (χ0v) is 17.3. The highest BCUT2D eigenvalue weighted by atomic mass is 16.5. The summed E-state index contributed by atoms with van der Waals surface area (Å²) in [4.78, 5) is 15.6. The van der Waals surface area contributed by atoms with Crippen molar-refractivity contribution >= 4 is 22.8 Å². The molecule has 0 radical (unpaired) electrons. The molecule has 1 unspecified atom stereocenters. The second-order valence-electron chi connectivity index (χ2n) is 8.06. The smallest absolute Gasteiger partial charge is 0.151 e. The van der Waals surface area contributed by atoms with Gasteiger partial charge in [0.15, 0.2) is 12.5 Å². The zero-order valence-electron chi connectivity index (χ0n) is 17.3. The molecule has 1 aromatic carbocycles. The number of benzene rings is 1. The maximum atomic E-state index is 11.0. The van der Waals surface area contributed by atoms with E-state index in [1.54, 1.807) is 16.9 Å². The molecule has 160 valence electrons. The van der Waals surface area contributed by atoms with E-state index in [4.69, 9.17) is 4.74 Å². The lowest BCUT2D eigenvalue weighted by molar-refractivity contribution is -0.0366. The van der Waals surface area contributed by atoms with Crippen LogP contribution in [0.2, 0.25) is 0 Å². The molecular formula is C23H21N7O2. The van der Waals surface area contributed by atoms with E-state index in [0.29, 0.717) is 12.1 Å². The van der Waals surface area contributed by atoms with Gasteiger partial charge in [-0.1, -0.05) is 11.3 Å².